The number of hydrogen-bond acceptors (Lipinski definition) is 6. The molecule has 6 heteroatoms. The molecule has 0 bridgehead atoms. The van der Waals surface area contributed by atoms with Gasteiger partial charge in [-0.05, 0) is 30.7 Å². The molecule has 1 saturated heterocycles. The Hall–Kier alpha value is -1.69. The topological polar surface area (TPSA) is 53.9 Å². The normalized spacial score (nSPS) is 14.8. The van der Waals surface area contributed by atoms with Crippen LogP contribution in [0.2, 0.25) is 0 Å². The summed E-state index contributed by atoms with van der Waals surface area (Å²) < 4.78 is 0. The molecule has 20 heavy (non-hydrogen) atoms. The number of thiophene rings is 1. The molecule has 2 aromatic rings. The zero-order chi connectivity index (χ0) is 13.8. The highest BCUT2D eigenvalue weighted by atomic mass is 32.1. The van der Waals surface area contributed by atoms with Gasteiger partial charge in [-0.2, -0.15) is 15.0 Å². The van der Waals surface area contributed by atoms with Crippen molar-refractivity contribution in [2.45, 2.75) is 26.2 Å². The highest BCUT2D eigenvalue weighted by Gasteiger charge is 2.18. The molecule has 1 N–H and O–H groups in total. The van der Waals surface area contributed by atoms with Crippen molar-refractivity contribution in [1.82, 2.24) is 15.0 Å². The van der Waals surface area contributed by atoms with Crippen LogP contribution in [-0.2, 0) is 0 Å². The first kappa shape index (κ1) is 13.3. The van der Waals surface area contributed by atoms with Crippen molar-refractivity contribution in [3.63, 3.8) is 0 Å². The number of hydrogen-bond donors (Lipinski definition) is 1. The van der Waals surface area contributed by atoms with E-state index in [4.69, 9.17) is 0 Å². The van der Waals surface area contributed by atoms with Gasteiger partial charge in [-0.25, -0.2) is 0 Å². The second kappa shape index (κ2) is 6.17. The third-order valence-electron chi connectivity index (χ3n) is 3.29. The number of aromatic nitrogens is 3. The Labute approximate surface area is 123 Å². The second-order valence-electron chi connectivity index (χ2n) is 4.88. The Balaban J connectivity index is 1.94. The quantitative estimate of drug-likeness (QED) is 0.917. The number of rotatable bonds is 5. The predicted octanol–water partition coefficient (Wildman–Crippen LogP) is 3.02. The first-order valence-corrected chi connectivity index (χ1v) is 8.03. The molecule has 2 aromatic heterocycles. The van der Waals surface area contributed by atoms with Crippen LogP contribution in [0.3, 0.4) is 0 Å². The molecule has 1 aliphatic heterocycles. The van der Waals surface area contributed by atoms with Crippen molar-refractivity contribution in [2.24, 2.45) is 0 Å². The summed E-state index contributed by atoms with van der Waals surface area (Å²) in [5, 5.41) is 5.33. The molecule has 0 saturated carbocycles. The van der Waals surface area contributed by atoms with E-state index in [0.717, 1.165) is 42.7 Å². The molecule has 1 aliphatic rings. The average Bonchev–Trinajstić information content (AvgIpc) is 3.17. The summed E-state index contributed by atoms with van der Waals surface area (Å²) in [6, 6.07) is 4.08. The van der Waals surface area contributed by atoms with Gasteiger partial charge in [0.05, 0.1) is 4.88 Å². The van der Waals surface area contributed by atoms with Crippen molar-refractivity contribution in [3.05, 3.63) is 17.5 Å². The van der Waals surface area contributed by atoms with Gasteiger partial charge in [-0.3, -0.25) is 0 Å². The standard InChI is InChI=1S/C14H19N5S/c1-2-7-15-13-16-12(11-6-5-10-20-11)17-14(18-13)19-8-3-4-9-19/h5-6,10H,2-4,7-9H2,1H3,(H,15,16,17,18). The van der Waals surface area contributed by atoms with Crippen molar-refractivity contribution < 1.29 is 0 Å². The predicted molar refractivity (Wildman–Crippen MR) is 83.4 cm³/mol. The average molecular weight is 289 g/mol. The van der Waals surface area contributed by atoms with Crippen LogP contribution in [0.1, 0.15) is 26.2 Å². The first-order chi connectivity index (χ1) is 9.86. The Bertz CT molecular complexity index is 549. The molecule has 3 rings (SSSR count). The van der Waals surface area contributed by atoms with Gasteiger partial charge in [-0.15, -0.1) is 11.3 Å². The summed E-state index contributed by atoms with van der Waals surface area (Å²) in [7, 11) is 0. The third-order valence-corrected chi connectivity index (χ3v) is 4.15. The molecule has 0 radical (unpaired) electrons. The second-order valence-corrected chi connectivity index (χ2v) is 5.83. The smallest absolute Gasteiger partial charge is 0.230 e. The molecule has 0 aromatic carbocycles. The van der Waals surface area contributed by atoms with Crippen molar-refractivity contribution in [1.29, 1.82) is 0 Å². The molecule has 0 amide bonds. The zero-order valence-corrected chi connectivity index (χ0v) is 12.5. The molecule has 5 nitrogen and oxygen atoms in total. The van der Waals surface area contributed by atoms with Crippen LogP contribution < -0.4 is 10.2 Å². The van der Waals surface area contributed by atoms with Crippen molar-refractivity contribution in [3.8, 4) is 10.7 Å². The van der Waals surface area contributed by atoms with Gasteiger partial charge in [0.1, 0.15) is 0 Å². The monoisotopic (exact) mass is 289 g/mol. The van der Waals surface area contributed by atoms with E-state index in [-0.39, 0.29) is 0 Å². The van der Waals surface area contributed by atoms with Crippen LogP contribution in [0.15, 0.2) is 17.5 Å². The van der Waals surface area contributed by atoms with Gasteiger partial charge in [0.15, 0.2) is 5.82 Å². The van der Waals surface area contributed by atoms with E-state index in [1.807, 2.05) is 11.4 Å². The Morgan fingerprint density at radius 3 is 2.80 bits per heavy atom. The van der Waals surface area contributed by atoms with Gasteiger partial charge in [0, 0.05) is 19.6 Å². The van der Waals surface area contributed by atoms with Gasteiger partial charge in [-0.1, -0.05) is 13.0 Å². The van der Waals surface area contributed by atoms with E-state index in [1.165, 1.54) is 12.8 Å². The van der Waals surface area contributed by atoms with E-state index < -0.39 is 0 Å². The molecule has 0 aliphatic carbocycles. The SMILES string of the molecule is CCCNc1nc(-c2cccs2)nc(N2CCCC2)n1. The van der Waals surface area contributed by atoms with E-state index in [0.29, 0.717) is 5.95 Å². The van der Waals surface area contributed by atoms with Crippen LogP contribution in [0.4, 0.5) is 11.9 Å². The van der Waals surface area contributed by atoms with Crippen molar-refractivity contribution >= 4 is 23.2 Å². The molecular formula is C14H19N5S. The molecule has 0 atom stereocenters. The summed E-state index contributed by atoms with van der Waals surface area (Å²) in [5.41, 5.74) is 0. The van der Waals surface area contributed by atoms with E-state index in [9.17, 15) is 0 Å². The molecule has 1 fully saturated rings. The van der Waals surface area contributed by atoms with Crippen molar-refractivity contribution in [2.75, 3.05) is 29.9 Å². The summed E-state index contributed by atoms with van der Waals surface area (Å²) in [4.78, 5) is 17.1. The van der Waals surface area contributed by atoms with E-state index in [1.54, 1.807) is 11.3 Å². The van der Waals surface area contributed by atoms with Crippen LogP contribution in [0, 0.1) is 0 Å². The van der Waals surface area contributed by atoms with E-state index in [2.05, 4.69) is 38.2 Å². The highest BCUT2D eigenvalue weighted by molar-refractivity contribution is 7.13. The number of anilines is 2. The van der Waals surface area contributed by atoms with Crippen LogP contribution in [-0.4, -0.2) is 34.6 Å². The summed E-state index contributed by atoms with van der Waals surface area (Å²) in [6.45, 7) is 5.10. The van der Waals surface area contributed by atoms with Gasteiger partial charge < -0.3 is 10.2 Å². The fourth-order valence-electron chi connectivity index (χ4n) is 2.26. The minimum atomic E-state index is 0.687. The highest BCUT2D eigenvalue weighted by Crippen LogP contribution is 2.25. The fourth-order valence-corrected chi connectivity index (χ4v) is 2.91. The van der Waals surface area contributed by atoms with Crippen LogP contribution in [0.25, 0.3) is 10.7 Å². The minimum absolute atomic E-state index is 0.687. The molecule has 0 spiro atoms. The Kier molecular flexibility index (Phi) is 4.11. The lowest BCUT2D eigenvalue weighted by molar-refractivity contribution is 0.874. The lowest BCUT2D eigenvalue weighted by Gasteiger charge is -2.16. The van der Waals surface area contributed by atoms with Crippen LogP contribution in [0.5, 0.6) is 0 Å². The maximum absolute atomic E-state index is 4.64. The van der Waals surface area contributed by atoms with Gasteiger partial charge in [0.2, 0.25) is 11.9 Å². The molecular weight excluding hydrogens is 270 g/mol. The Morgan fingerprint density at radius 2 is 2.10 bits per heavy atom. The maximum atomic E-state index is 4.64. The first-order valence-electron chi connectivity index (χ1n) is 7.15. The summed E-state index contributed by atoms with van der Waals surface area (Å²) >= 11 is 1.66. The maximum Gasteiger partial charge on any atom is 0.230 e. The lowest BCUT2D eigenvalue weighted by atomic mass is 10.4. The van der Waals surface area contributed by atoms with E-state index >= 15 is 0 Å². The van der Waals surface area contributed by atoms with Gasteiger partial charge in [0.25, 0.3) is 0 Å². The molecule has 106 valence electrons. The van der Waals surface area contributed by atoms with Crippen LogP contribution >= 0.6 is 11.3 Å². The molecule has 3 heterocycles. The molecule has 0 unspecified atom stereocenters. The summed E-state index contributed by atoms with van der Waals surface area (Å²) in [6.07, 6.45) is 3.49. The number of nitrogens with zero attached hydrogens (tertiary/aromatic N) is 4. The number of nitrogens with one attached hydrogen (secondary N) is 1. The third kappa shape index (κ3) is 2.90. The largest absolute Gasteiger partial charge is 0.354 e. The Morgan fingerprint density at radius 1 is 1.25 bits per heavy atom. The van der Waals surface area contributed by atoms with Gasteiger partial charge >= 0.3 is 0 Å². The fraction of sp³-hybridized carbons (Fsp3) is 0.500. The minimum Gasteiger partial charge on any atom is -0.354 e. The summed E-state index contributed by atoms with van der Waals surface area (Å²) in [5.74, 6) is 2.27. The zero-order valence-electron chi connectivity index (χ0n) is 11.7. The lowest BCUT2D eigenvalue weighted by Crippen LogP contribution is -2.22.